The van der Waals surface area contributed by atoms with Crippen LogP contribution in [0.25, 0.3) is 0 Å². The van der Waals surface area contributed by atoms with Crippen molar-refractivity contribution in [3.63, 3.8) is 0 Å². The Morgan fingerprint density at radius 3 is 2.50 bits per heavy atom. The molecule has 96 valence electrons. The van der Waals surface area contributed by atoms with Gasteiger partial charge in [0.1, 0.15) is 0 Å². The van der Waals surface area contributed by atoms with Crippen LogP contribution >= 0.6 is 11.8 Å². The van der Waals surface area contributed by atoms with Crippen LogP contribution in [-0.4, -0.2) is 48.0 Å². The van der Waals surface area contributed by atoms with Crippen LogP contribution in [0.15, 0.2) is 0 Å². The Morgan fingerprint density at radius 2 is 2.00 bits per heavy atom. The molecule has 0 aliphatic heterocycles. The number of amides is 1. The molecule has 0 aliphatic carbocycles. The topological polar surface area (TPSA) is 32.3 Å². The Bertz CT molecular complexity index is 197. The molecular weight excluding hydrogens is 220 g/mol. The highest BCUT2D eigenvalue weighted by Gasteiger charge is 2.12. The van der Waals surface area contributed by atoms with Gasteiger partial charge >= 0.3 is 0 Å². The largest absolute Gasteiger partial charge is 0.342 e. The van der Waals surface area contributed by atoms with Crippen LogP contribution in [0.4, 0.5) is 0 Å². The van der Waals surface area contributed by atoms with Crippen molar-refractivity contribution in [3.05, 3.63) is 0 Å². The van der Waals surface area contributed by atoms with E-state index in [0.717, 1.165) is 6.42 Å². The summed E-state index contributed by atoms with van der Waals surface area (Å²) >= 11 is 1.95. The van der Waals surface area contributed by atoms with Crippen molar-refractivity contribution < 1.29 is 4.79 Å². The van der Waals surface area contributed by atoms with Crippen molar-refractivity contribution in [2.45, 2.75) is 46.2 Å². The molecule has 0 saturated heterocycles. The van der Waals surface area contributed by atoms with Crippen molar-refractivity contribution in [2.75, 3.05) is 25.1 Å². The summed E-state index contributed by atoms with van der Waals surface area (Å²) in [7, 11) is 1.85. The van der Waals surface area contributed by atoms with Crippen LogP contribution in [0.3, 0.4) is 0 Å². The molecule has 0 radical (unpaired) electrons. The molecule has 1 amide bonds. The summed E-state index contributed by atoms with van der Waals surface area (Å²) in [5.41, 5.74) is 0. The highest BCUT2D eigenvalue weighted by Crippen LogP contribution is 2.03. The minimum absolute atomic E-state index is 0.171. The van der Waals surface area contributed by atoms with Gasteiger partial charge in [0.25, 0.3) is 0 Å². The maximum atomic E-state index is 11.7. The summed E-state index contributed by atoms with van der Waals surface area (Å²) in [5.74, 6) is 2.51. The molecule has 1 atom stereocenters. The second-order valence-electron chi connectivity index (χ2n) is 4.37. The van der Waals surface area contributed by atoms with Gasteiger partial charge in [-0.05, 0) is 38.7 Å². The predicted octanol–water partition coefficient (Wildman–Crippen LogP) is 1.97. The first-order valence-electron chi connectivity index (χ1n) is 6.05. The summed E-state index contributed by atoms with van der Waals surface area (Å²) < 4.78 is 0. The Hall–Kier alpha value is -0.220. The zero-order chi connectivity index (χ0) is 12.6. The molecule has 3 nitrogen and oxygen atoms in total. The number of rotatable bonds is 8. The minimum Gasteiger partial charge on any atom is -0.342 e. The quantitative estimate of drug-likeness (QED) is 0.665. The van der Waals surface area contributed by atoms with Crippen LogP contribution in [0.1, 0.15) is 34.1 Å². The van der Waals surface area contributed by atoms with Crippen LogP contribution < -0.4 is 5.32 Å². The molecular formula is C12H26N2OS. The van der Waals surface area contributed by atoms with E-state index < -0.39 is 0 Å². The van der Waals surface area contributed by atoms with Crippen LogP contribution in [-0.2, 0) is 4.79 Å². The molecule has 0 aromatic rings. The van der Waals surface area contributed by atoms with Gasteiger partial charge in [-0.2, -0.15) is 11.8 Å². The lowest BCUT2D eigenvalue weighted by molar-refractivity contribution is -0.130. The Labute approximate surface area is 104 Å². The molecule has 1 unspecified atom stereocenters. The average Bonchev–Trinajstić information content (AvgIpc) is 2.25. The van der Waals surface area contributed by atoms with Gasteiger partial charge in [-0.1, -0.05) is 6.92 Å². The second kappa shape index (κ2) is 8.88. The molecule has 0 aromatic carbocycles. The zero-order valence-corrected chi connectivity index (χ0v) is 12.1. The number of nitrogens with one attached hydrogen (secondary N) is 1. The molecule has 0 heterocycles. The highest BCUT2D eigenvalue weighted by molar-refractivity contribution is 7.99. The van der Waals surface area contributed by atoms with E-state index in [4.69, 9.17) is 0 Å². The lowest BCUT2D eigenvalue weighted by Gasteiger charge is -2.22. The van der Waals surface area contributed by atoms with Gasteiger partial charge in [0.05, 0.1) is 6.54 Å². The Balaban J connectivity index is 3.66. The van der Waals surface area contributed by atoms with Crippen molar-refractivity contribution in [3.8, 4) is 0 Å². The van der Waals surface area contributed by atoms with Crippen molar-refractivity contribution in [1.82, 2.24) is 10.2 Å². The molecule has 1 N–H and O–H groups in total. The molecule has 0 bridgehead atoms. The predicted molar refractivity (Wildman–Crippen MR) is 73.0 cm³/mol. The fourth-order valence-corrected chi connectivity index (χ4v) is 1.99. The molecule has 0 spiro atoms. The second-order valence-corrected chi connectivity index (χ2v) is 5.76. The number of nitrogens with zero attached hydrogens (tertiary/aromatic N) is 1. The van der Waals surface area contributed by atoms with E-state index in [2.05, 4.69) is 19.2 Å². The first-order chi connectivity index (χ1) is 7.49. The van der Waals surface area contributed by atoms with E-state index in [0.29, 0.717) is 12.6 Å². The zero-order valence-electron chi connectivity index (χ0n) is 11.2. The maximum absolute atomic E-state index is 11.7. The van der Waals surface area contributed by atoms with Gasteiger partial charge in [0, 0.05) is 19.1 Å². The summed E-state index contributed by atoms with van der Waals surface area (Å²) in [6.45, 7) is 8.81. The molecule has 0 aliphatic rings. The standard InChI is InChI=1S/C12H26N2OS/c1-6-16-8-7-11(4)13-9-12(15)14(5)10(2)3/h10-11,13H,6-9H2,1-5H3. The summed E-state index contributed by atoms with van der Waals surface area (Å²) in [6, 6.07) is 0.698. The molecule has 0 saturated carbocycles. The molecule has 0 fully saturated rings. The van der Waals surface area contributed by atoms with Gasteiger partial charge in [0.15, 0.2) is 0 Å². The van der Waals surface area contributed by atoms with E-state index >= 15 is 0 Å². The third-order valence-corrected chi connectivity index (χ3v) is 3.60. The van der Waals surface area contributed by atoms with Crippen molar-refractivity contribution in [2.24, 2.45) is 0 Å². The molecule has 16 heavy (non-hydrogen) atoms. The number of likely N-dealkylation sites (N-methyl/N-ethyl adjacent to an activating group) is 1. The van der Waals surface area contributed by atoms with Crippen LogP contribution in [0, 0.1) is 0 Å². The van der Waals surface area contributed by atoms with Gasteiger partial charge < -0.3 is 10.2 Å². The third-order valence-electron chi connectivity index (χ3n) is 2.67. The first kappa shape index (κ1) is 15.8. The van der Waals surface area contributed by atoms with Gasteiger partial charge in [0.2, 0.25) is 5.91 Å². The van der Waals surface area contributed by atoms with E-state index in [-0.39, 0.29) is 11.9 Å². The normalized spacial score (nSPS) is 12.9. The van der Waals surface area contributed by atoms with E-state index in [1.807, 2.05) is 32.7 Å². The van der Waals surface area contributed by atoms with Crippen molar-refractivity contribution >= 4 is 17.7 Å². The number of carbonyl (C=O) groups is 1. The van der Waals surface area contributed by atoms with Crippen LogP contribution in [0.5, 0.6) is 0 Å². The average molecular weight is 246 g/mol. The molecule has 0 rings (SSSR count). The van der Waals surface area contributed by atoms with Crippen molar-refractivity contribution in [1.29, 1.82) is 0 Å². The minimum atomic E-state index is 0.171. The van der Waals surface area contributed by atoms with Gasteiger partial charge in [-0.25, -0.2) is 0 Å². The maximum Gasteiger partial charge on any atom is 0.236 e. The summed E-state index contributed by atoms with van der Waals surface area (Å²) in [6.07, 6.45) is 1.12. The fourth-order valence-electron chi connectivity index (χ4n) is 1.18. The summed E-state index contributed by atoms with van der Waals surface area (Å²) in [4.78, 5) is 13.5. The summed E-state index contributed by atoms with van der Waals surface area (Å²) in [5, 5.41) is 3.27. The van der Waals surface area contributed by atoms with E-state index in [1.54, 1.807) is 4.90 Å². The number of carbonyl (C=O) groups excluding carboxylic acids is 1. The van der Waals surface area contributed by atoms with Gasteiger partial charge in [-0.3, -0.25) is 4.79 Å². The van der Waals surface area contributed by atoms with Gasteiger partial charge in [-0.15, -0.1) is 0 Å². The van der Waals surface area contributed by atoms with Crippen LogP contribution in [0.2, 0.25) is 0 Å². The molecule has 4 heteroatoms. The Kier molecular flexibility index (Phi) is 8.76. The highest BCUT2D eigenvalue weighted by atomic mass is 32.2. The first-order valence-corrected chi connectivity index (χ1v) is 7.21. The Morgan fingerprint density at radius 1 is 1.38 bits per heavy atom. The lowest BCUT2D eigenvalue weighted by atomic mass is 10.2. The third kappa shape index (κ3) is 7.12. The number of hydrogen-bond acceptors (Lipinski definition) is 3. The van der Waals surface area contributed by atoms with E-state index in [9.17, 15) is 4.79 Å². The molecule has 0 aromatic heterocycles. The lowest BCUT2D eigenvalue weighted by Crippen LogP contribution is -2.42. The monoisotopic (exact) mass is 246 g/mol. The SMILES string of the molecule is CCSCCC(C)NCC(=O)N(C)C(C)C. The fraction of sp³-hybridized carbons (Fsp3) is 0.917. The number of hydrogen-bond donors (Lipinski definition) is 1. The van der Waals surface area contributed by atoms with E-state index in [1.165, 1.54) is 11.5 Å². The number of thioether (sulfide) groups is 1. The smallest absolute Gasteiger partial charge is 0.236 e.